The Balaban J connectivity index is 2.61. The number of nitrogens with one attached hydrogen (secondary N) is 2. The van der Waals surface area contributed by atoms with Crippen molar-refractivity contribution in [2.75, 3.05) is 19.6 Å². The lowest BCUT2D eigenvalue weighted by Crippen LogP contribution is -2.61. The van der Waals surface area contributed by atoms with E-state index in [1.165, 1.54) is 0 Å². The van der Waals surface area contributed by atoms with Crippen LogP contribution in [-0.4, -0.2) is 53.6 Å². The molecular formula is C10H15N3O4. The van der Waals surface area contributed by atoms with Crippen molar-refractivity contribution in [3.05, 3.63) is 12.7 Å². The Hall–Kier alpha value is -2.05. The van der Waals surface area contributed by atoms with Crippen LogP contribution < -0.4 is 10.6 Å². The fourth-order valence-electron chi connectivity index (χ4n) is 1.46. The fraction of sp³-hybridized carbons (Fsp3) is 0.500. The van der Waals surface area contributed by atoms with E-state index in [1.54, 1.807) is 6.08 Å². The summed E-state index contributed by atoms with van der Waals surface area (Å²) in [5.41, 5.74) is 0. The van der Waals surface area contributed by atoms with Crippen molar-refractivity contribution < 1.29 is 19.5 Å². The number of amides is 3. The number of aliphatic carboxylic acids is 1. The molecule has 1 heterocycles. The van der Waals surface area contributed by atoms with Crippen LogP contribution in [0.25, 0.3) is 0 Å². The minimum atomic E-state index is -1.14. The van der Waals surface area contributed by atoms with Gasteiger partial charge in [-0.15, -0.1) is 6.58 Å². The van der Waals surface area contributed by atoms with Crippen LogP contribution in [0.1, 0.15) is 6.42 Å². The molecule has 1 unspecified atom stereocenters. The largest absolute Gasteiger partial charge is 0.480 e. The van der Waals surface area contributed by atoms with Crippen molar-refractivity contribution in [3.8, 4) is 0 Å². The molecule has 0 bridgehead atoms. The molecule has 17 heavy (non-hydrogen) atoms. The zero-order chi connectivity index (χ0) is 12.8. The Morgan fingerprint density at radius 3 is 2.94 bits per heavy atom. The number of rotatable bonds is 4. The minimum absolute atomic E-state index is 0.0664. The van der Waals surface area contributed by atoms with Gasteiger partial charge in [0, 0.05) is 13.1 Å². The Kier molecular flexibility index (Phi) is 4.50. The molecule has 1 aliphatic heterocycles. The number of hydrogen-bond acceptors (Lipinski definition) is 3. The Labute approximate surface area is 98.5 Å². The summed E-state index contributed by atoms with van der Waals surface area (Å²) in [7, 11) is 0. The third-order valence-corrected chi connectivity index (χ3v) is 2.35. The van der Waals surface area contributed by atoms with E-state index >= 15 is 0 Å². The van der Waals surface area contributed by atoms with Crippen molar-refractivity contribution in [2.45, 2.75) is 12.5 Å². The molecule has 1 saturated heterocycles. The van der Waals surface area contributed by atoms with E-state index < -0.39 is 18.0 Å². The fourth-order valence-corrected chi connectivity index (χ4v) is 1.46. The quantitative estimate of drug-likeness (QED) is 0.441. The maximum atomic E-state index is 11.7. The van der Waals surface area contributed by atoms with Crippen molar-refractivity contribution >= 4 is 17.9 Å². The number of piperazine rings is 1. The molecule has 7 nitrogen and oxygen atoms in total. The van der Waals surface area contributed by atoms with Crippen LogP contribution in [0.5, 0.6) is 0 Å². The zero-order valence-electron chi connectivity index (χ0n) is 9.31. The van der Waals surface area contributed by atoms with Crippen LogP contribution >= 0.6 is 0 Å². The lowest BCUT2D eigenvalue weighted by molar-refractivity contribution is -0.144. The van der Waals surface area contributed by atoms with Crippen molar-refractivity contribution in [1.82, 2.24) is 15.5 Å². The molecule has 1 atom stereocenters. The molecule has 0 aromatic rings. The topological polar surface area (TPSA) is 98.7 Å². The molecule has 0 aromatic heterocycles. The summed E-state index contributed by atoms with van der Waals surface area (Å²) in [4.78, 5) is 34.7. The number of urea groups is 1. The smallest absolute Gasteiger partial charge is 0.328 e. The van der Waals surface area contributed by atoms with Gasteiger partial charge in [0.25, 0.3) is 0 Å². The maximum Gasteiger partial charge on any atom is 0.328 e. The molecule has 0 radical (unpaired) electrons. The second-order valence-electron chi connectivity index (χ2n) is 3.60. The van der Waals surface area contributed by atoms with E-state index in [-0.39, 0.29) is 19.0 Å². The molecule has 0 aliphatic carbocycles. The molecule has 1 aliphatic rings. The lowest BCUT2D eigenvalue weighted by Gasteiger charge is -2.32. The summed E-state index contributed by atoms with van der Waals surface area (Å²) in [6.45, 7) is 3.56. The van der Waals surface area contributed by atoms with Crippen LogP contribution in [0, 0.1) is 0 Å². The second kappa shape index (κ2) is 5.88. The van der Waals surface area contributed by atoms with Crippen LogP contribution in [0.2, 0.25) is 0 Å². The SMILES string of the molecule is C=CCCNC(=O)N1CC(=O)NCC1C(=O)O. The van der Waals surface area contributed by atoms with E-state index in [2.05, 4.69) is 17.2 Å². The number of nitrogens with zero attached hydrogens (tertiary/aromatic N) is 1. The monoisotopic (exact) mass is 241 g/mol. The molecule has 0 spiro atoms. The third-order valence-electron chi connectivity index (χ3n) is 2.35. The molecule has 3 N–H and O–H groups in total. The number of carboxylic acid groups (broad SMARTS) is 1. The first-order valence-corrected chi connectivity index (χ1v) is 5.21. The van der Waals surface area contributed by atoms with E-state index in [0.29, 0.717) is 13.0 Å². The van der Waals surface area contributed by atoms with Crippen LogP contribution in [0.15, 0.2) is 12.7 Å². The summed E-state index contributed by atoms with van der Waals surface area (Å²) in [6.07, 6.45) is 2.22. The number of carboxylic acids is 1. The van der Waals surface area contributed by atoms with E-state index in [4.69, 9.17) is 5.11 Å². The summed E-state index contributed by atoms with van der Waals surface area (Å²) in [5.74, 6) is -1.50. The Morgan fingerprint density at radius 2 is 2.35 bits per heavy atom. The highest BCUT2D eigenvalue weighted by Crippen LogP contribution is 2.04. The Bertz CT molecular complexity index is 342. The summed E-state index contributed by atoms with van der Waals surface area (Å²) >= 11 is 0. The van der Waals surface area contributed by atoms with Crippen LogP contribution in [0.3, 0.4) is 0 Å². The first-order valence-electron chi connectivity index (χ1n) is 5.21. The molecule has 7 heteroatoms. The van der Waals surface area contributed by atoms with Gasteiger partial charge in [-0.05, 0) is 6.42 Å². The van der Waals surface area contributed by atoms with Crippen molar-refractivity contribution in [3.63, 3.8) is 0 Å². The molecule has 3 amide bonds. The highest BCUT2D eigenvalue weighted by Gasteiger charge is 2.34. The van der Waals surface area contributed by atoms with E-state index in [1.807, 2.05) is 0 Å². The van der Waals surface area contributed by atoms with Crippen molar-refractivity contribution in [1.29, 1.82) is 0 Å². The first kappa shape index (κ1) is 13.0. The van der Waals surface area contributed by atoms with Crippen LogP contribution in [0.4, 0.5) is 4.79 Å². The van der Waals surface area contributed by atoms with Gasteiger partial charge in [0.2, 0.25) is 5.91 Å². The van der Waals surface area contributed by atoms with Crippen molar-refractivity contribution in [2.24, 2.45) is 0 Å². The Morgan fingerprint density at radius 1 is 1.65 bits per heavy atom. The number of hydrogen-bond donors (Lipinski definition) is 3. The summed E-state index contributed by atoms with van der Waals surface area (Å²) < 4.78 is 0. The predicted molar refractivity (Wildman–Crippen MR) is 59.4 cm³/mol. The molecular weight excluding hydrogens is 226 g/mol. The highest BCUT2D eigenvalue weighted by atomic mass is 16.4. The summed E-state index contributed by atoms with van der Waals surface area (Å²) in [5, 5.41) is 13.9. The first-order chi connectivity index (χ1) is 8.06. The highest BCUT2D eigenvalue weighted by molar-refractivity contribution is 5.90. The number of carbonyl (C=O) groups excluding carboxylic acids is 2. The molecule has 94 valence electrons. The van der Waals surface area contributed by atoms with Gasteiger partial charge < -0.3 is 15.7 Å². The van der Waals surface area contributed by atoms with Crippen LogP contribution in [-0.2, 0) is 9.59 Å². The molecule has 0 aromatic carbocycles. The van der Waals surface area contributed by atoms with Gasteiger partial charge >= 0.3 is 12.0 Å². The molecule has 0 saturated carbocycles. The van der Waals surface area contributed by atoms with Gasteiger partial charge in [-0.3, -0.25) is 9.69 Å². The lowest BCUT2D eigenvalue weighted by atomic mass is 10.2. The average Bonchev–Trinajstić information content (AvgIpc) is 2.28. The maximum absolute atomic E-state index is 11.7. The molecule has 1 rings (SSSR count). The normalized spacial score (nSPS) is 19.4. The number of carbonyl (C=O) groups is 3. The third kappa shape index (κ3) is 3.47. The van der Waals surface area contributed by atoms with Gasteiger partial charge in [-0.1, -0.05) is 6.08 Å². The second-order valence-corrected chi connectivity index (χ2v) is 3.60. The van der Waals surface area contributed by atoms with E-state index in [9.17, 15) is 14.4 Å². The standard InChI is InChI=1S/C10H15N3O4/c1-2-3-4-11-10(17)13-6-8(14)12-5-7(13)9(15)16/h2,7H,1,3-6H2,(H,11,17)(H,12,14)(H,15,16). The van der Waals surface area contributed by atoms with Gasteiger partial charge in [0.15, 0.2) is 0 Å². The average molecular weight is 241 g/mol. The minimum Gasteiger partial charge on any atom is -0.480 e. The predicted octanol–water partition coefficient (Wildman–Crippen LogP) is -0.843. The molecule has 1 fully saturated rings. The summed E-state index contributed by atoms with van der Waals surface area (Å²) in [6, 6.07) is -1.56. The van der Waals surface area contributed by atoms with E-state index in [0.717, 1.165) is 4.90 Å². The van der Waals surface area contributed by atoms with Gasteiger partial charge in [-0.2, -0.15) is 0 Å². The van der Waals surface area contributed by atoms with Gasteiger partial charge in [0.05, 0.1) is 0 Å². The van der Waals surface area contributed by atoms with Gasteiger partial charge in [-0.25, -0.2) is 9.59 Å². The zero-order valence-corrected chi connectivity index (χ0v) is 9.31. The van der Waals surface area contributed by atoms with Gasteiger partial charge in [0.1, 0.15) is 12.6 Å².